The number of carbonyl (C=O) groups is 1. The molecule has 11 heteroatoms. The van der Waals surface area contributed by atoms with Crippen molar-refractivity contribution in [3.63, 3.8) is 0 Å². The number of ether oxygens (including phenoxy) is 1. The highest BCUT2D eigenvalue weighted by atomic mass is 35.5. The maximum absolute atomic E-state index is 14.8. The fourth-order valence-corrected chi connectivity index (χ4v) is 4.21. The Balaban J connectivity index is 1.77. The van der Waals surface area contributed by atoms with Crippen LogP contribution in [-0.2, 0) is 10.9 Å². The van der Waals surface area contributed by atoms with Gasteiger partial charge in [-0.2, -0.15) is 0 Å². The second-order valence-electron chi connectivity index (χ2n) is 8.66. The second kappa shape index (κ2) is 9.27. The number of benzene rings is 2. The summed E-state index contributed by atoms with van der Waals surface area (Å²) in [6.07, 6.45) is 2.84. The van der Waals surface area contributed by atoms with Gasteiger partial charge >= 0.3 is 0 Å². The highest BCUT2D eigenvalue weighted by Crippen LogP contribution is 2.34. The number of nitrogens with one attached hydrogen (secondary N) is 2. The minimum absolute atomic E-state index is 0.0420. The fourth-order valence-electron chi connectivity index (χ4n) is 3.57. The molecule has 2 aromatic heterocycles. The lowest BCUT2D eigenvalue weighted by Crippen LogP contribution is -2.22. The lowest BCUT2D eigenvalue weighted by Gasteiger charge is -2.21. The van der Waals surface area contributed by atoms with Crippen molar-refractivity contribution >= 4 is 45.0 Å². The van der Waals surface area contributed by atoms with E-state index in [0.717, 1.165) is 12.1 Å². The molecule has 182 valence electrons. The Bertz CT molecular complexity index is 1540. The Morgan fingerprint density at radius 1 is 1.14 bits per heavy atom. The van der Waals surface area contributed by atoms with E-state index in [1.807, 2.05) is 25.5 Å². The van der Waals surface area contributed by atoms with Crippen LogP contribution >= 0.6 is 11.6 Å². The Labute approximate surface area is 206 Å². The van der Waals surface area contributed by atoms with Crippen molar-refractivity contribution in [2.24, 2.45) is 0 Å². The van der Waals surface area contributed by atoms with Crippen LogP contribution in [0.25, 0.3) is 22.2 Å². The van der Waals surface area contributed by atoms with Crippen LogP contribution in [0.4, 0.5) is 14.5 Å². The van der Waals surface area contributed by atoms with Crippen molar-refractivity contribution in [1.82, 2.24) is 9.97 Å². The molecule has 4 aromatic rings. The van der Waals surface area contributed by atoms with Gasteiger partial charge in [-0.15, -0.1) is 0 Å². The standard InChI is InChI=1S/C24H20ClF2N3O4S/c1-24(2,3)34-13-4-5-14(17(25)9-13)12-8-15-16(11-29-23(15)28-10-12)22(31)20-18(26)6-7-19(21(20)27)30-35(32)33/h4-11,35H,1-3H3,(H,28,29)(H,30,32,33). The van der Waals surface area contributed by atoms with Gasteiger partial charge in [0.15, 0.2) is 5.82 Å². The lowest BCUT2D eigenvalue weighted by atomic mass is 9.99. The predicted octanol–water partition coefficient (Wildman–Crippen LogP) is 5.51. The summed E-state index contributed by atoms with van der Waals surface area (Å²) in [5, 5.41) is 0.699. The van der Waals surface area contributed by atoms with E-state index in [1.165, 1.54) is 6.20 Å². The molecule has 0 aliphatic rings. The van der Waals surface area contributed by atoms with E-state index >= 15 is 0 Å². The molecule has 4 rings (SSSR count). The van der Waals surface area contributed by atoms with E-state index in [4.69, 9.17) is 16.3 Å². The third-order valence-electron chi connectivity index (χ3n) is 4.98. The van der Waals surface area contributed by atoms with E-state index in [9.17, 15) is 22.0 Å². The Kier molecular flexibility index (Phi) is 6.52. The summed E-state index contributed by atoms with van der Waals surface area (Å²) in [6.45, 7) is 5.74. The van der Waals surface area contributed by atoms with Crippen LogP contribution in [0, 0.1) is 11.6 Å². The van der Waals surface area contributed by atoms with Gasteiger partial charge in [-0.1, -0.05) is 11.6 Å². The first-order valence-electron chi connectivity index (χ1n) is 10.3. The smallest absolute Gasteiger partial charge is 0.222 e. The molecule has 0 fully saturated rings. The topological polar surface area (TPSA) is 101 Å². The van der Waals surface area contributed by atoms with Gasteiger partial charge in [0.25, 0.3) is 0 Å². The Morgan fingerprint density at radius 2 is 1.89 bits per heavy atom. The van der Waals surface area contributed by atoms with Gasteiger partial charge in [-0.25, -0.2) is 22.2 Å². The number of aromatic amines is 1. The Hall–Kier alpha value is -3.50. The number of ketones is 1. The number of hydrogen-bond donors (Lipinski definition) is 3. The summed E-state index contributed by atoms with van der Waals surface area (Å²) in [7, 11) is -3.21. The van der Waals surface area contributed by atoms with E-state index in [2.05, 4.69) is 9.97 Å². The third-order valence-corrected chi connectivity index (χ3v) is 5.72. The van der Waals surface area contributed by atoms with Gasteiger partial charge in [-0.05, 0) is 57.2 Å². The monoisotopic (exact) mass is 519 g/mol. The molecule has 0 aliphatic carbocycles. The van der Waals surface area contributed by atoms with Gasteiger partial charge in [0.05, 0.1) is 16.3 Å². The van der Waals surface area contributed by atoms with E-state index in [1.54, 1.807) is 30.5 Å². The minimum Gasteiger partial charge on any atom is -0.488 e. The van der Waals surface area contributed by atoms with Crippen molar-refractivity contribution in [2.45, 2.75) is 26.4 Å². The van der Waals surface area contributed by atoms with Crippen molar-refractivity contribution in [2.75, 3.05) is 4.72 Å². The summed E-state index contributed by atoms with van der Waals surface area (Å²) in [5.41, 5.74) is -0.373. The molecule has 0 aliphatic heterocycles. The number of rotatable bonds is 6. The van der Waals surface area contributed by atoms with E-state index in [0.29, 0.717) is 32.9 Å². The summed E-state index contributed by atoms with van der Waals surface area (Å²) in [5.74, 6) is -2.84. The molecule has 2 N–H and O–H groups in total. The van der Waals surface area contributed by atoms with Crippen LogP contribution < -0.4 is 9.46 Å². The van der Waals surface area contributed by atoms with Crippen LogP contribution in [0.5, 0.6) is 5.75 Å². The average molecular weight is 520 g/mol. The summed E-state index contributed by atoms with van der Waals surface area (Å²) < 4.78 is 58.8. The molecule has 0 saturated heterocycles. The number of nitrogens with zero attached hydrogens (tertiary/aromatic N) is 1. The van der Waals surface area contributed by atoms with Crippen LogP contribution in [0.1, 0.15) is 36.7 Å². The van der Waals surface area contributed by atoms with Gasteiger partial charge in [0.2, 0.25) is 16.7 Å². The molecule has 2 heterocycles. The van der Waals surface area contributed by atoms with Crippen LogP contribution in [0.15, 0.2) is 48.8 Å². The molecule has 0 atom stereocenters. The minimum atomic E-state index is -3.21. The summed E-state index contributed by atoms with van der Waals surface area (Å²) >= 11 is 6.48. The van der Waals surface area contributed by atoms with Crippen LogP contribution in [-0.4, -0.2) is 29.8 Å². The van der Waals surface area contributed by atoms with Crippen molar-refractivity contribution in [1.29, 1.82) is 0 Å². The number of thiol groups is 1. The van der Waals surface area contributed by atoms with Gasteiger partial charge < -0.3 is 9.72 Å². The molecule has 7 nitrogen and oxygen atoms in total. The number of pyridine rings is 1. The molecular weight excluding hydrogens is 500 g/mol. The van der Waals surface area contributed by atoms with Crippen molar-refractivity contribution in [3.8, 4) is 16.9 Å². The largest absolute Gasteiger partial charge is 0.488 e. The van der Waals surface area contributed by atoms with Crippen LogP contribution in [0.2, 0.25) is 5.02 Å². The molecule has 2 aromatic carbocycles. The molecule has 0 bridgehead atoms. The van der Waals surface area contributed by atoms with Crippen molar-refractivity contribution < 1.29 is 26.7 Å². The second-order valence-corrected chi connectivity index (χ2v) is 9.81. The van der Waals surface area contributed by atoms with Gasteiger partial charge in [0.1, 0.15) is 22.8 Å². The number of carbonyl (C=O) groups excluding carboxylic acids is 1. The molecule has 35 heavy (non-hydrogen) atoms. The van der Waals surface area contributed by atoms with Gasteiger partial charge in [-0.3, -0.25) is 9.52 Å². The quantitative estimate of drug-likeness (QED) is 0.230. The number of anilines is 1. The maximum atomic E-state index is 14.8. The number of fused-ring (bicyclic) bond motifs is 1. The van der Waals surface area contributed by atoms with Gasteiger partial charge in [0, 0.05) is 34.5 Å². The Morgan fingerprint density at radius 3 is 2.54 bits per heavy atom. The number of aromatic nitrogens is 2. The first-order chi connectivity index (χ1) is 16.4. The van der Waals surface area contributed by atoms with E-state index < -0.39 is 45.2 Å². The lowest BCUT2D eigenvalue weighted by molar-refractivity contribution is 0.103. The number of H-pyrrole nitrogens is 1. The first-order valence-corrected chi connectivity index (χ1v) is 11.9. The normalized spacial score (nSPS) is 11.7. The first kappa shape index (κ1) is 24.6. The highest BCUT2D eigenvalue weighted by Gasteiger charge is 2.25. The highest BCUT2D eigenvalue weighted by molar-refractivity contribution is 7.73. The SMILES string of the molecule is CC(C)(C)Oc1ccc(-c2cnc3[nH]cc(C(=O)c4c(F)ccc(N[SH](=O)=O)c4F)c3c2)c(Cl)c1. The molecule has 0 unspecified atom stereocenters. The van der Waals surface area contributed by atoms with E-state index in [-0.39, 0.29) is 5.56 Å². The maximum Gasteiger partial charge on any atom is 0.222 e. The van der Waals surface area contributed by atoms with Crippen molar-refractivity contribution in [3.05, 3.63) is 76.6 Å². The zero-order valence-corrected chi connectivity index (χ0v) is 20.4. The molecular formula is C24H20ClF2N3O4S. The zero-order chi connectivity index (χ0) is 25.5. The molecule has 0 amide bonds. The molecule has 0 radical (unpaired) electrons. The molecule has 0 saturated carbocycles. The fraction of sp³-hybridized carbons (Fsp3) is 0.167. The average Bonchev–Trinajstić information content (AvgIpc) is 3.18. The molecule has 0 spiro atoms. The number of hydrogen-bond acceptors (Lipinski definition) is 5. The number of halogens is 3. The summed E-state index contributed by atoms with van der Waals surface area (Å²) in [4.78, 5) is 20.3. The van der Waals surface area contributed by atoms with Crippen LogP contribution in [0.3, 0.4) is 0 Å². The summed E-state index contributed by atoms with van der Waals surface area (Å²) in [6, 6.07) is 8.51. The predicted molar refractivity (Wildman–Crippen MR) is 131 cm³/mol. The zero-order valence-electron chi connectivity index (χ0n) is 18.8. The third kappa shape index (κ3) is 5.13.